The number of fused-ring (bicyclic) bond motifs is 11. The van der Waals surface area contributed by atoms with Crippen LogP contribution in [0.4, 0.5) is 0 Å². The first-order valence-corrected chi connectivity index (χ1v) is 23.7. The van der Waals surface area contributed by atoms with Crippen LogP contribution >= 0.6 is 0 Å². The van der Waals surface area contributed by atoms with Crippen molar-refractivity contribution >= 4 is 110 Å². The second-order valence-electron chi connectivity index (χ2n) is 17.0. The first kappa shape index (κ1) is 35.8. The number of hydrogen-bond acceptors (Lipinski definition) is 1. The van der Waals surface area contributed by atoms with Crippen molar-refractivity contribution in [2.45, 2.75) is 0 Å². The van der Waals surface area contributed by atoms with E-state index in [0.29, 0.717) is 0 Å². The fourth-order valence-corrected chi connectivity index (χ4v) is 13.6. The molecule has 64 heavy (non-hydrogen) atoms. The number of hydrogen-bond donors (Lipinski definition) is 0. The molecule has 0 bridgehead atoms. The van der Waals surface area contributed by atoms with Crippen LogP contribution in [0.1, 0.15) is 0 Å². The standard InChI is InChI=1S/C62H36OSe/c1-2-16-37(17-3-1)57-41-20-6-12-26-47(41)60(48-27-13-7-21-42(48)57)50-29-14-30-51-61-49(28-15-31-56(61)64-62(50)51)59-45-24-10-8-22-43(45)58(44-23-9-11-25-46(44)59)40-32-33-54-52(35-40)53-34-38-18-4-5-19-39(38)36-55(53)63-54/h1-36H. The van der Waals surface area contributed by atoms with Crippen LogP contribution in [0.15, 0.2) is 223 Å². The molecule has 0 fully saturated rings. The van der Waals surface area contributed by atoms with E-state index in [1.165, 1.54) is 118 Å². The molecule has 0 spiro atoms. The molecule has 0 aliphatic heterocycles. The van der Waals surface area contributed by atoms with E-state index in [1.54, 1.807) is 0 Å². The Morgan fingerprint density at radius 2 is 0.750 bits per heavy atom. The van der Waals surface area contributed by atoms with E-state index in [4.69, 9.17) is 4.42 Å². The van der Waals surface area contributed by atoms with Gasteiger partial charge in [-0.15, -0.1) is 0 Å². The molecule has 12 aromatic carbocycles. The Hall–Kier alpha value is -7.74. The molecule has 0 aliphatic carbocycles. The average Bonchev–Trinajstić information content (AvgIpc) is 3.92. The van der Waals surface area contributed by atoms with Crippen LogP contribution < -0.4 is 0 Å². The Morgan fingerprint density at radius 3 is 1.38 bits per heavy atom. The van der Waals surface area contributed by atoms with Gasteiger partial charge in [-0.25, -0.2) is 0 Å². The van der Waals surface area contributed by atoms with Gasteiger partial charge in [0.05, 0.1) is 0 Å². The van der Waals surface area contributed by atoms with Crippen molar-refractivity contribution in [3.63, 3.8) is 0 Å². The second kappa shape index (κ2) is 13.9. The third-order valence-electron chi connectivity index (χ3n) is 13.6. The average molecular weight is 876 g/mol. The van der Waals surface area contributed by atoms with Crippen LogP contribution in [0.2, 0.25) is 0 Å². The predicted molar refractivity (Wildman–Crippen MR) is 275 cm³/mol. The Kier molecular flexibility index (Phi) is 7.77. The quantitative estimate of drug-likeness (QED) is 0.127. The molecule has 2 aromatic heterocycles. The van der Waals surface area contributed by atoms with Gasteiger partial charge >= 0.3 is 336 Å². The van der Waals surface area contributed by atoms with Crippen LogP contribution in [0.5, 0.6) is 0 Å². The van der Waals surface area contributed by atoms with Crippen molar-refractivity contribution in [3.05, 3.63) is 218 Å². The summed E-state index contributed by atoms with van der Waals surface area (Å²) in [6.07, 6.45) is 0. The van der Waals surface area contributed by atoms with Gasteiger partial charge in [0.25, 0.3) is 0 Å². The molecule has 14 rings (SSSR count). The summed E-state index contributed by atoms with van der Waals surface area (Å²) in [6, 6.07) is 80.9. The molecule has 0 amide bonds. The number of rotatable bonds is 4. The Morgan fingerprint density at radius 1 is 0.281 bits per heavy atom. The van der Waals surface area contributed by atoms with Crippen molar-refractivity contribution in [1.82, 2.24) is 0 Å². The van der Waals surface area contributed by atoms with Gasteiger partial charge in [0, 0.05) is 0 Å². The zero-order valence-electron chi connectivity index (χ0n) is 34.6. The summed E-state index contributed by atoms with van der Waals surface area (Å²) < 4.78 is 9.37. The first-order chi connectivity index (χ1) is 31.8. The van der Waals surface area contributed by atoms with Gasteiger partial charge in [0.15, 0.2) is 0 Å². The number of furan rings is 1. The molecule has 0 saturated heterocycles. The minimum atomic E-state index is 0.0945. The molecule has 0 atom stereocenters. The molecule has 2 heterocycles. The molecular formula is C62H36OSe. The van der Waals surface area contributed by atoms with Crippen molar-refractivity contribution in [3.8, 4) is 44.5 Å². The van der Waals surface area contributed by atoms with Crippen LogP contribution in [0.3, 0.4) is 0 Å². The van der Waals surface area contributed by atoms with E-state index >= 15 is 0 Å². The molecule has 1 nitrogen and oxygen atoms in total. The first-order valence-electron chi connectivity index (χ1n) is 22.0. The second-order valence-corrected chi connectivity index (χ2v) is 19.2. The van der Waals surface area contributed by atoms with Crippen LogP contribution in [0, 0.1) is 0 Å². The van der Waals surface area contributed by atoms with E-state index in [1.807, 2.05) is 0 Å². The molecule has 14 aromatic rings. The molecule has 0 saturated carbocycles. The van der Waals surface area contributed by atoms with Crippen molar-refractivity contribution in [1.29, 1.82) is 0 Å². The van der Waals surface area contributed by atoms with Gasteiger partial charge in [-0.05, 0) is 16.8 Å². The van der Waals surface area contributed by atoms with Gasteiger partial charge in [-0.3, -0.25) is 0 Å². The summed E-state index contributed by atoms with van der Waals surface area (Å²) in [6.45, 7) is 0. The zero-order valence-corrected chi connectivity index (χ0v) is 36.3. The summed E-state index contributed by atoms with van der Waals surface area (Å²) in [5.41, 5.74) is 12.1. The van der Waals surface area contributed by atoms with E-state index in [0.717, 1.165) is 21.9 Å². The van der Waals surface area contributed by atoms with Crippen molar-refractivity contribution in [2.75, 3.05) is 0 Å². The van der Waals surface area contributed by atoms with Gasteiger partial charge in [0.1, 0.15) is 0 Å². The maximum atomic E-state index is 6.48. The maximum absolute atomic E-state index is 6.48. The SMILES string of the molecule is c1ccc(-c2c3ccccc3c(-c3cccc4c3[se]c3cccc(-c5c6ccccc6c(-c6ccc7oc8cc9ccccc9cc8c7c6)c6ccccc56)c34)c3ccccc23)cc1. The summed E-state index contributed by atoms with van der Waals surface area (Å²) in [5.74, 6) is 0. The normalized spacial score (nSPS) is 12.1. The summed E-state index contributed by atoms with van der Waals surface area (Å²) >= 11 is 0.0945. The van der Waals surface area contributed by atoms with Crippen molar-refractivity contribution < 1.29 is 4.42 Å². The molecular weight excluding hydrogens is 840 g/mol. The van der Waals surface area contributed by atoms with Gasteiger partial charge < -0.3 is 0 Å². The van der Waals surface area contributed by atoms with E-state index in [9.17, 15) is 0 Å². The van der Waals surface area contributed by atoms with Crippen LogP contribution in [-0.4, -0.2) is 14.5 Å². The summed E-state index contributed by atoms with van der Waals surface area (Å²) in [7, 11) is 0. The number of benzene rings is 12. The fraction of sp³-hybridized carbons (Fsp3) is 0. The Balaban J connectivity index is 1.03. The van der Waals surface area contributed by atoms with E-state index < -0.39 is 0 Å². The minimum absolute atomic E-state index is 0.0945. The van der Waals surface area contributed by atoms with Gasteiger partial charge in [-0.2, -0.15) is 0 Å². The fourth-order valence-electron chi connectivity index (χ4n) is 10.9. The van der Waals surface area contributed by atoms with Crippen LogP contribution in [-0.2, 0) is 0 Å². The zero-order chi connectivity index (χ0) is 41.9. The monoisotopic (exact) mass is 876 g/mol. The molecule has 0 radical (unpaired) electrons. The van der Waals surface area contributed by atoms with E-state index in [-0.39, 0.29) is 14.5 Å². The Bertz CT molecular complexity index is 4130. The molecule has 0 unspecified atom stereocenters. The summed E-state index contributed by atoms with van der Waals surface area (Å²) in [4.78, 5) is 0. The topological polar surface area (TPSA) is 13.1 Å². The molecule has 0 aliphatic rings. The Labute approximate surface area is 374 Å². The third kappa shape index (κ3) is 5.19. The van der Waals surface area contributed by atoms with Crippen molar-refractivity contribution in [2.24, 2.45) is 0 Å². The summed E-state index contributed by atoms with van der Waals surface area (Å²) in [5, 5.41) is 17.6. The molecule has 2 heteroatoms. The van der Waals surface area contributed by atoms with Gasteiger partial charge in [-0.1, -0.05) is 24.3 Å². The van der Waals surface area contributed by atoms with Gasteiger partial charge in [0.2, 0.25) is 0 Å². The van der Waals surface area contributed by atoms with Crippen LogP contribution in [0.25, 0.3) is 140 Å². The third-order valence-corrected chi connectivity index (χ3v) is 16.1. The molecule has 0 N–H and O–H groups in total. The molecule has 296 valence electrons. The van der Waals surface area contributed by atoms with E-state index in [2.05, 4.69) is 218 Å². The predicted octanol–water partition coefficient (Wildman–Crippen LogP) is 17.4.